The normalized spacial score (nSPS) is 8.77. The van der Waals surface area contributed by atoms with Gasteiger partial charge in [-0.1, -0.05) is 5.92 Å². The Hall–Kier alpha value is -1.60. The fraction of sp³-hybridized carbons (Fsp3) is 0.333. The molecule has 0 unspecified atom stereocenters. The maximum absolute atomic E-state index is 8.48. The summed E-state index contributed by atoms with van der Waals surface area (Å²) >= 11 is 0. The van der Waals surface area contributed by atoms with Crippen LogP contribution >= 0.6 is 0 Å². The molecule has 0 spiro atoms. The number of hydrogen-bond acceptors (Lipinski definition) is 4. The molecular formula is C9H10N2O2. The summed E-state index contributed by atoms with van der Waals surface area (Å²) in [5.41, 5.74) is 0. The van der Waals surface area contributed by atoms with Crippen LogP contribution in [0.1, 0.15) is 12.2 Å². The molecule has 0 aliphatic carbocycles. The van der Waals surface area contributed by atoms with Crippen LogP contribution in [-0.4, -0.2) is 28.8 Å². The molecule has 0 aromatic carbocycles. The van der Waals surface area contributed by atoms with Crippen molar-refractivity contribution in [3.8, 4) is 17.7 Å². The lowest BCUT2D eigenvalue weighted by Crippen LogP contribution is -1.92. The number of methoxy groups -OCH3 is 1. The Kier molecular flexibility index (Phi) is 3.74. The van der Waals surface area contributed by atoms with Crippen molar-refractivity contribution in [2.45, 2.75) is 6.42 Å². The first-order valence-electron chi connectivity index (χ1n) is 3.83. The highest BCUT2D eigenvalue weighted by Gasteiger charge is 1.93. The van der Waals surface area contributed by atoms with Crippen LogP contribution in [0.2, 0.25) is 0 Å². The summed E-state index contributed by atoms with van der Waals surface area (Å²) in [6, 6.07) is 1.65. The molecule has 0 amide bonds. The lowest BCUT2D eigenvalue weighted by molar-refractivity contribution is 0.305. The first-order chi connectivity index (χ1) is 6.36. The molecule has 0 bridgehead atoms. The van der Waals surface area contributed by atoms with Gasteiger partial charge in [-0.2, -0.15) is 4.98 Å². The smallest absolute Gasteiger partial charge is 0.217 e. The summed E-state index contributed by atoms with van der Waals surface area (Å²) in [6.45, 7) is 0.0525. The molecular weight excluding hydrogens is 168 g/mol. The molecule has 0 fully saturated rings. The van der Waals surface area contributed by atoms with Crippen LogP contribution in [-0.2, 0) is 0 Å². The Labute approximate surface area is 76.6 Å². The molecule has 1 aromatic rings. The van der Waals surface area contributed by atoms with E-state index in [9.17, 15) is 0 Å². The lowest BCUT2D eigenvalue weighted by Gasteiger charge is -1.95. The van der Waals surface area contributed by atoms with Gasteiger partial charge in [0.15, 0.2) is 0 Å². The summed E-state index contributed by atoms with van der Waals surface area (Å²) in [6.07, 6.45) is 2.01. The van der Waals surface area contributed by atoms with Crippen LogP contribution < -0.4 is 4.74 Å². The number of rotatable bonds is 2. The topological polar surface area (TPSA) is 55.2 Å². The van der Waals surface area contributed by atoms with Crippen LogP contribution in [0, 0.1) is 11.8 Å². The summed E-state index contributed by atoms with van der Waals surface area (Å²) in [7, 11) is 1.53. The van der Waals surface area contributed by atoms with E-state index in [2.05, 4.69) is 21.8 Å². The summed E-state index contributed by atoms with van der Waals surface area (Å²) in [4.78, 5) is 7.89. The van der Waals surface area contributed by atoms with Gasteiger partial charge in [0.05, 0.1) is 13.7 Å². The number of aromatic nitrogens is 2. The van der Waals surface area contributed by atoms with Gasteiger partial charge >= 0.3 is 0 Å². The Morgan fingerprint density at radius 2 is 2.46 bits per heavy atom. The van der Waals surface area contributed by atoms with E-state index in [1.807, 2.05) is 0 Å². The standard InChI is InChI=1S/C9H10N2O2/c1-13-9-5-6-10-8(11-9)4-2-3-7-12/h5-6,12H,3,7H2,1H3. The molecule has 1 N–H and O–H groups in total. The molecule has 13 heavy (non-hydrogen) atoms. The van der Waals surface area contributed by atoms with Crippen molar-refractivity contribution >= 4 is 0 Å². The number of nitrogens with zero attached hydrogens (tertiary/aromatic N) is 2. The first kappa shape index (κ1) is 9.49. The van der Waals surface area contributed by atoms with E-state index in [1.54, 1.807) is 12.3 Å². The van der Waals surface area contributed by atoms with E-state index in [1.165, 1.54) is 7.11 Å². The van der Waals surface area contributed by atoms with E-state index >= 15 is 0 Å². The van der Waals surface area contributed by atoms with E-state index in [0.29, 0.717) is 18.1 Å². The summed E-state index contributed by atoms with van der Waals surface area (Å²) in [5, 5.41) is 8.48. The monoisotopic (exact) mass is 178 g/mol. The molecule has 4 nitrogen and oxygen atoms in total. The zero-order valence-corrected chi connectivity index (χ0v) is 7.32. The van der Waals surface area contributed by atoms with Gasteiger partial charge in [-0.25, -0.2) is 4.98 Å². The van der Waals surface area contributed by atoms with Gasteiger partial charge in [-0.3, -0.25) is 0 Å². The van der Waals surface area contributed by atoms with Crippen molar-refractivity contribution in [3.63, 3.8) is 0 Å². The fourth-order valence-corrected chi connectivity index (χ4v) is 0.714. The molecule has 1 rings (SSSR count). The van der Waals surface area contributed by atoms with Gasteiger partial charge in [0, 0.05) is 18.7 Å². The van der Waals surface area contributed by atoms with Crippen molar-refractivity contribution in [2.75, 3.05) is 13.7 Å². The molecule has 1 heterocycles. The highest BCUT2D eigenvalue weighted by atomic mass is 16.5. The van der Waals surface area contributed by atoms with Crippen molar-refractivity contribution in [3.05, 3.63) is 18.1 Å². The molecule has 0 aliphatic heterocycles. The highest BCUT2D eigenvalue weighted by Crippen LogP contribution is 2.02. The third-order valence-electron chi connectivity index (χ3n) is 1.28. The van der Waals surface area contributed by atoms with E-state index in [4.69, 9.17) is 9.84 Å². The van der Waals surface area contributed by atoms with Gasteiger partial charge in [-0.15, -0.1) is 0 Å². The average molecular weight is 178 g/mol. The van der Waals surface area contributed by atoms with E-state index in [0.717, 1.165) is 0 Å². The third kappa shape index (κ3) is 3.09. The second-order valence-electron chi connectivity index (χ2n) is 2.20. The molecule has 68 valence electrons. The first-order valence-corrected chi connectivity index (χ1v) is 3.83. The fourth-order valence-electron chi connectivity index (χ4n) is 0.714. The molecule has 0 aliphatic rings. The number of ether oxygens (including phenoxy) is 1. The number of aliphatic hydroxyl groups excluding tert-OH is 1. The van der Waals surface area contributed by atoms with Crippen LogP contribution in [0.15, 0.2) is 12.3 Å². The average Bonchev–Trinajstić information content (AvgIpc) is 2.19. The SMILES string of the molecule is COc1ccnc(C#CCCO)n1. The van der Waals surface area contributed by atoms with Crippen molar-refractivity contribution in [1.82, 2.24) is 9.97 Å². The molecule has 0 atom stereocenters. The minimum absolute atomic E-state index is 0.0525. The van der Waals surface area contributed by atoms with Crippen LogP contribution in [0.5, 0.6) is 5.88 Å². The number of aliphatic hydroxyl groups is 1. The quantitative estimate of drug-likeness (QED) is 0.658. The summed E-state index contributed by atoms with van der Waals surface area (Å²) < 4.78 is 4.89. The number of hydrogen-bond donors (Lipinski definition) is 1. The predicted molar refractivity (Wildman–Crippen MR) is 47.2 cm³/mol. The highest BCUT2D eigenvalue weighted by molar-refractivity contribution is 5.23. The Balaban J connectivity index is 2.73. The van der Waals surface area contributed by atoms with Gasteiger partial charge in [0.1, 0.15) is 0 Å². The maximum atomic E-state index is 8.48. The van der Waals surface area contributed by atoms with Gasteiger partial charge < -0.3 is 9.84 Å². The lowest BCUT2D eigenvalue weighted by atomic mass is 10.4. The minimum Gasteiger partial charge on any atom is -0.481 e. The zero-order chi connectivity index (χ0) is 9.52. The molecule has 1 aromatic heterocycles. The van der Waals surface area contributed by atoms with E-state index < -0.39 is 0 Å². The molecule has 0 radical (unpaired) electrons. The molecule has 0 saturated carbocycles. The maximum Gasteiger partial charge on any atom is 0.217 e. The van der Waals surface area contributed by atoms with Gasteiger partial charge in [-0.05, 0) is 5.92 Å². The minimum atomic E-state index is 0.0525. The molecule has 0 saturated heterocycles. The van der Waals surface area contributed by atoms with E-state index in [-0.39, 0.29) is 6.61 Å². The van der Waals surface area contributed by atoms with Crippen LogP contribution in [0.4, 0.5) is 0 Å². The van der Waals surface area contributed by atoms with Crippen LogP contribution in [0.3, 0.4) is 0 Å². The largest absolute Gasteiger partial charge is 0.481 e. The third-order valence-corrected chi connectivity index (χ3v) is 1.28. The van der Waals surface area contributed by atoms with Gasteiger partial charge in [0.25, 0.3) is 0 Å². The van der Waals surface area contributed by atoms with Crippen LogP contribution in [0.25, 0.3) is 0 Å². The summed E-state index contributed by atoms with van der Waals surface area (Å²) in [5.74, 6) is 6.33. The second kappa shape index (κ2) is 5.12. The predicted octanol–water partition coefficient (Wildman–Crippen LogP) is 0.219. The van der Waals surface area contributed by atoms with Crippen molar-refractivity contribution in [1.29, 1.82) is 0 Å². The Morgan fingerprint density at radius 1 is 1.62 bits per heavy atom. The Bertz CT molecular complexity index is 328. The Morgan fingerprint density at radius 3 is 3.15 bits per heavy atom. The van der Waals surface area contributed by atoms with Gasteiger partial charge in [0.2, 0.25) is 11.7 Å². The second-order valence-corrected chi connectivity index (χ2v) is 2.20. The zero-order valence-electron chi connectivity index (χ0n) is 7.32. The van der Waals surface area contributed by atoms with Crippen molar-refractivity contribution in [2.24, 2.45) is 0 Å². The molecule has 4 heteroatoms. The van der Waals surface area contributed by atoms with Crippen molar-refractivity contribution < 1.29 is 9.84 Å².